The number of aromatic hydroxyl groups is 1. The number of aromatic nitrogens is 3. The van der Waals surface area contributed by atoms with Crippen LogP contribution in [0.15, 0.2) is 77.9 Å². The van der Waals surface area contributed by atoms with E-state index in [1.807, 2.05) is 30.3 Å². The van der Waals surface area contributed by atoms with E-state index >= 15 is 0 Å². The molecule has 1 heterocycles. The van der Waals surface area contributed by atoms with Crippen LogP contribution in [0.25, 0.3) is 0 Å². The van der Waals surface area contributed by atoms with E-state index in [-0.39, 0.29) is 29.3 Å². The van der Waals surface area contributed by atoms with E-state index in [0.29, 0.717) is 17.0 Å². The Morgan fingerprint density at radius 1 is 0.914 bits per heavy atom. The minimum Gasteiger partial charge on any atom is -0.504 e. The molecule has 0 saturated carbocycles. The van der Waals surface area contributed by atoms with Gasteiger partial charge < -0.3 is 20.5 Å². The number of rotatable bonds is 9. The maximum atomic E-state index is 10.9. The SMILES string of the molecule is COc1cc(C=NNc2nc(Nc3ccccc3)nc(Nc3ccc([N+](=O)[O-])cc3)n2)ccc1O. The summed E-state index contributed by atoms with van der Waals surface area (Å²) in [6.07, 6.45) is 1.51. The number of hydrogen-bond donors (Lipinski definition) is 4. The largest absolute Gasteiger partial charge is 0.504 e. The molecule has 4 rings (SSSR count). The number of para-hydroxylation sites is 1. The predicted molar refractivity (Wildman–Crippen MR) is 132 cm³/mol. The van der Waals surface area contributed by atoms with Gasteiger partial charge in [0.2, 0.25) is 17.8 Å². The quantitative estimate of drug-likeness (QED) is 0.156. The van der Waals surface area contributed by atoms with E-state index in [0.717, 1.165) is 5.69 Å². The van der Waals surface area contributed by atoms with E-state index in [4.69, 9.17) is 4.74 Å². The molecule has 0 aliphatic carbocycles. The zero-order chi connectivity index (χ0) is 24.6. The second-order valence-electron chi connectivity index (χ2n) is 7.03. The lowest BCUT2D eigenvalue weighted by atomic mass is 10.2. The second kappa shape index (κ2) is 10.6. The number of nitrogens with one attached hydrogen (secondary N) is 3. The maximum Gasteiger partial charge on any atom is 0.269 e. The number of nitrogens with zero attached hydrogens (tertiary/aromatic N) is 5. The lowest BCUT2D eigenvalue weighted by Crippen LogP contribution is -2.07. The van der Waals surface area contributed by atoms with Crippen LogP contribution in [-0.2, 0) is 0 Å². The summed E-state index contributed by atoms with van der Waals surface area (Å²) in [6.45, 7) is 0. The van der Waals surface area contributed by atoms with Crippen LogP contribution in [0.2, 0.25) is 0 Å². The Kier molecular flexibility index (Phi) is 6.92. The fourth-order valence-corrected chi connectivity index (χ4v) is 2.92. The molecule has 1 aromatic heterocycles. The number of nitro benzene ring substituents is 1. The zero-order valence-electron chi connectivity index (χ0n) is 18.4. The van der Waals surface area contributed by atoms with Crippen molar-refractivity contribution in [2.45, 2.75) is 0 Å². The summed E-state index contributed by atoms with van der Waals surface area (Å²) in [4.78, 5) is 23.4. The molecule has 4 aromatic rings. The third-order valence-corrected chi connectivity index (χ3v) is 4.58. The van der Waals surface area contributed by atoms with Crippen molar-refractivity contribution >= 4 is 41.1 Å². The topological polar surface area (TPSA) is 160 Å². The van der Waals surface area contributed by atoms with Crippen LogP contribution >= 0.6 is 0 Å². The summed E-state index contributed by atoms with van der Waals surface area (Å²) in [7, 11) is 1.46. The Balaban J connectivity index is 1.57. The number of phenols is 1. The normalized spacial score (nSPS) is 10.7. The van der Waals surface area contributed by atoms with Crippen molar-refractivity contribution in [2.24, 2.45) is 5.10 Å². The monoisotopic (exact) mass is 472 g/mol. The number of ether oxygens (including phenoxy) is 1. The van der Waals surface area contributed by atoms with Crippen LogP contribution in [0.5, 0.6) is 11.5 Å². The summed E-state index contributed by atoms with van der Waals surface area (Å²) in [5, 5.41) is 30.9. The van der Waals surface area contributed by atoms with E-state index in [1.165, 1.54) is 31.5 Å². The minimum atomic E-state index is -0.474. The van der Waals surface area contributed by atoms with Gasteiger partial charge in [-0.3, -0.25) is 10.1 Å². The number of hydrogen-bond acceptors (Lipinski definition) is 11. The molecule has 0 aliphatic rings. The molecule has 0 atom stereocenters. The van der Waals surface area contributed by atoms with Gasteiger partial charge in [-0.25, -0.2) is 5.43 Å². The van der Waals surface area contributed by atoms with Crippen LogP contribution in [-0.4, -0.2) is 38.3 Å². The third-order valence-electron chi connectivity index (χ3n) is 4.58. The number of nitro groups is 1. The first-order valence-corrected chi connectivity index (χ1v) is 10.3. The number of non-ortho nitro benzene ring substituents is 1. The van der Waals surface area contributed by atoms with Gasteiger partial charge >= 0.3 is 0 Å². The van der Waals surface area contributed by atoms with E-state index in [2.05, 4.69) is 36.1 Å². The van der Waals surface area contributed by atoms with Crippen LogP contribution in [0.4, 0.5) is 34.9 Å². The van der Waals surface area contributed by atoms with Crippen LogP contribution in [0.1, 0.15) is 5.56 Å². The summed E-state index contributed by atoms with van der Waals surface area (Å²) < 4.78 is 5.10. The molecule has 0 saturated heterocycles. The van der Waals surface area contributed by atoms with E-state index < -0.39 is 4.92 Å². The predicted octanol–water partition coefficient (Wildman–Crippen LogP) is 4.43. The molecule has 176 valence electrons. The van der Waals surface area contributed by atoms with Gasteiger partial charge in [0.25, 0.3) is 5.69 Å². The van der Waals surface area contributed by atoms with Crippen molar-refractivity contribution in [2.75, 3.05) is 23.2 Å². The number of phenolic OH excluding ortho intramolecular Hbond substituents is 1. The standard InChI is InChI=1S/C23H20N8O4/c1-35-20-13-15(7-12-19(20)32)14-24-30-23-28-21(25-16-5-3-2-4-6-16)27-22(29-23)26-17-8-10-18(11-9-17)31(33)34/h2-14,32H,1H3,(H3,25,26,27,28,29,30). The van der Waals surface area contributed by atoms with Gasteiger partial charge in [-0.1, -0.05) is 18.2 Å². The van der Waals surface area contributed by atoms with E-state index in [9.17, 15) is 15.2 Å². The molecule has 0 aliphatic heterocycles. The zero-order valence-corrected chi connectivity index (χ0v) is 18.4. The number of benzene rings is 3. The highest BCUT2D eigenvalue weighted by Gasteiger charge is 2.09. The highest BCUT2D eigenvalue weighted by Crippen LogP contribution is 2.25. The van der Waals surface area contributed by atoms with Crippen LogP contribution < -0.4 is 20.8 Å². The molecule has 0 spiro atoms. The Labute approximate surface area is 199 Å². The van der Waals surface area contributed by atoms with Crippen molar-refractivity contribution in [1.82, 2.24) is 15.0 Å². The highest BCUT2D eigenvalue weighted by atomic mass is 16.6. The molecule has 12 nitrogen and oxygen atoms in total. The lowest BCUT2D eigenvalue weighted by Gasteiger charge is -2.10. The van der Waals surface area contributed by atoms with Crippen molar-refractivity contribution in [1.29, 1.82) is 0 Å². The smallest absolute Gasteiger partial charge is 0.269 e. The van der Waals surface area contributed by atoms with Gasteiger partial charge in [0, 0.05) is 23.5 Å². The van der Waals surface area contributed by atoms with Crippen molar-refractivity contribution in [3.8, 4) is 11.5 Å². The minimum absolute atomic E-state index is 0.0219. The Morgan fingerprint density at radius 2 is 1.54 bits per heavy atom. The summed E-state index contributed by atoms with van der Waals surface area (Å²) in [6, 6.07) is 20.0. The fraction of sp³-hybridized carbons (Fsp3) is 0.0435. The van der Waals surface area contributed by atoms with Crippen molar-refractivity contribution in [3.05, 3.63) is 88.5 Å². The van der Waals surface area contributed by atoms with Gasteiger partial charge in [-0.2, -0.15) is 20.1 Å². The maximum absolute atomic E-state index is 10.9. The van der Waals surface area contributed by atoms with Crippen LogP contribution in [0, 0.1) is 10.1 Å². The first-order valence-electron chi connectivity index (χ1n) is 10.3. The average molecular weight is 472 g/mol. The Hall–Kier alpha value is -5.26. The lowest BCUT2D eigenvalue weighted by molar-refractivity contribution is -0.384. The third kappa shape index (κ3) is 6.16. The van der Waals surface area contributed by atoms with Gasteiger partial charge in [0.05, 0.1) is 18.2 Å². The molecule has 3 aromatic carbocycles. The van der Waals surface area contributed by atoms with Crippen molar-refractivity contribution in [3.63, 3.8) is 0 Å². The Bertz CT molecular complexity index is 1350. The number of anilines is 5. The average Bonchev–Trinajstić information content (AvgIpc) is 2.86. The molecule has 35 heavy (non-hydrogen) atoms. The van der Waals surface area contributed by atoms with E-state index in [1.54, 1.807) is 24.3 Å². The molecular weight excluding hydrogens is 452 g/mol. The highest BCUT2D eigenvalue weighted by molar-refractivity contribution is 5.81. The van der Waals surface area contributed by atoms with Gasteiger partial charge in [0.1, 0.15) is 0 Å². The number of hydrazone groups is 1. The second-order valence-corrected chi connectivity index (χ2v) is 7.03. The molecule has 0 amide bonds. The summed E-state index contributed by atoms with van der Waals surface area (Å²) >= 11 is 0. The van der Waals surface area contributed by atoms with Gasteiger partial charge in [-0.15, -0.1) is 0 Å². The molecular formula is C23H20N8O4. The first-order chi connectivity index (χ1) is 17.0. The molecule has 4 N–H and O–H groups in total. The Morgan fingerprint density at radius 3 is 2.17 bits per heavy atom. The van der Waals surface area contributed by atoms with Gasteiger partial charge in [-0.05, 0) is 48.0 Å². The fourth-order valence-electron chi connectivity index (χ4n) is 2.92. The molecule has 0 fully saturated rings. The molecule has 0 bridgehead atoms. The van der Waals surface area contributed by atoms with Crippen molar-refractivity contribution < 1.29 is 14.8 Å². The first kappa shape index (κ1) is 22.9. The number of methoxy groups -OCH3 is 1. The van der Waals surface area contributed by atoms with Crippen LogP contribution in [0.3, 0.4) is 0 Å². The molecule has 12 heteroatoms. The molecule has 0 radical (unpaired) electrons. The summed E-state index contributed by atoms with van der Waals surface area (Å²) in [5.41, 5.74) is 4.73. The van der Waals surface area contributed by atoms with Gasteiger partial charge in [0.15, 0.2) is 11.5 Å². The summed E-state index contributed by atoms with van der Waals surface area (Å²) in [5.74, 6) is 0.924. The molecule has 0 unspecified atom stereocenters.